The van der Waals surface area contributed by atoms with Crippen molar-refractivity contribution in [1.29, 1.82) is 0 Å². The Balaban J connectivity index is 4.32. The molecule has 1 unspecified atom stereocenters. The molecule has 0 aliphatic rings. The van der Waals surface area contributed by atoms with Crippen molar-refractivity contribution in [3.63, 3.8) is 0 Å². The van der Waals surface area contributed by atoms with Crippen LogP contribution in [0.25, 0.3) is 0 Å². The molecule has 0 spiro atoms. The van der Waals surface area contributed by atoms with Crippen molar-refractivity contribution in [2.24, 2.45) is 0 Å². The Kier molecular flexibility index (Phi) is 48.6. The summed E-state index contributed by atoms with van der Waals surface area (Å²) in [7, 11) is 0. The average molecular weight is 897 g/mol. The van der Waals surface area contributed by atoms with Gasteiger partial charge in [0, 0.05) is 19.3 Å². The van der Waals surface area contributed by atoms with E-state index in [4.69, 9.17) is 14.2 Å². The fourth-order valence-corrected chi connectivity index (χ4v) is 6.37. The van der Waals surface area contributed by atoms with Gasteiger partial charge in [-0.2, -0.15) is 0 Å². The second-order valence-electron chi connectivity index (χ2n) is 16.3. The van der Waals surface area contributed by atoms with Gasteiger partial charge >= 0.3 is 17.9 Å². The quantitative estimate of drug-likeness (QED) is 0.0262. The molecule has 0 aliphatic heterocycles. The molecule has 0 amide bonds. The molecule has 0 aromatic heterocycles. The van der Waals surface area contributed by atoms with Gasteiger partial charge in [0.1, 0.15) is 13.2 Å². The summed E-state index contributed by atoms with van der Waals surface area (Å²) in [4.78, 5) is 37.6. The van der Waals surface area contributed by atoms with Crippen molar-refractivity contribution in [2.75, 3.05) is 13.2 Å². The van der Waals surface area contributed by atoms with Crippen LogP contribution in [0.2, 0.25) is 0 Å². The monoisotopic (exact) mass is 897 g/mol. The summed E-state index contributed by atoms with van der Waals surface area (Å²) in [5.74, 6) is -1.04. The van der Waals surface area contributed by atoms with E-state index < -0.39 is 12.1 Å². The van der Waals surface area contributed by atoms with Gasteiger partial charge in [0.15, 0.2) is 6.10 Å². The third kappa shape index (κ3) is 50.4. The minimum absolute atomic E-state index is 0.117. The second kappa shape index (κ2) is 52.2. The zero-order valence-electron chi connectivity index (χ0n) is 41.4. The Hall–Kier alpha value is -4.45. The van der Waals surface area contributed by atoms with Crippen LogP contribution in [-0.2, 0) is 28.6 Å². The van der Waals surface area contributed by atoms with Crippen LogP contribution in [0.1, 0.15) is 201 Å². The summed E-state index contributed by atoms with van der Waals surface area (Å²) in [5, 5.41) is 0. The first kappa shape index (κ1) is 60.5. The zero-order chi connectivity index (χ0) is 47.2. The van der Waals surface area contributed by atoms with Crippen LogP contribution in [0.4, 0.5) is 0 Å². The summed E-state index contributed by atoms with van der Waals surface area (Å²) in [6.07, 6.45) is 73.4. The molecule has 0 aromatic carbocycles. The Morgan fingerprint density at radius 2 is 0.631 bits per heavy atom. The van der Waals surface area contributed by atoms with Crippen molar-refractivity contribution >= 4 is 17.9 Å². The van der Waals surface area contributed by atoms with Crippen LogP contribution in [0.3, 0.4) is 0 Å². The van der Waals surface area contributed by atoms with Gasteiger partial charge < -0.3 is 14.2 Å². The van der Waals surface area contributed by atoms with Crippen molar-refractivity contribution in [2.45, 2.75) is 207 Å². The number of hydrogen-bond acceptors (Lipinski definition) is 6. The van der Waals surface area contributed by atoms with Crippen molar-refractivity contribution < 1.29 is 28.6 Å². The highest BCUT2D eigenvalue weighted by Crippen LogP contribution is 2.12. The lowest BCUT2D eigenvalue weighted by Crippen LogP contribution is -2.30. The van der Waals surface area contributed by atoms with E-state index in [1.165, 1.54) is 25.7 Å². The SMILES string of the molecule is CC/C=C\C/C=C\C/C=C\C/C=C\C/C=C\C/C=C\CCC(=O)OC(COC(=O)CCCCCCC)COC(=O)CCCCCCCCC/C=C\C/C=C\C/C=C\C/C=C\C/C=C\CC. The maximum Gasteiger partial charge on any atom is 0.306 e. The highest BCUT2D eigenvalue weighted by Gasteiger charge is 2.19. The van der Waals surface area contributed by atoms with Gasteiger partial charge in [0.25, 0.3) is 0 Å². The molecule has 6 nitrogen and oxygen atoms in total. The lowest BCUT2D eigenvalue weighted by molar-refractivity contribution is -0.166. The highest BCUT2D eigenvalue weighted by atomic mass is 16.6. The van der Waals surface area contributed by atoms with Crippen molar-refractivity contribution in [3.8, 4) is 0 Å². The summed E-state index contributed by atoms with van der Waals surface area (Å²) in [6, 6.07) is 0. The van der Waals surface area contributed by atoms with Gasteiger partial charge in [0.05, 0.1) is 0 Å². The van der Waals surface area contributed by atoms with Crippen molar-refractivity contribution in [3.05, 3.63) is 134 Å². The highest BCUT2D eigenvalue weighted by molar-refractivity contribution is 5.71. The van der Waals surface area contributed by atoms with Crippen LogP contribution < -0.4 is 0 Å². The fourth-order valence-electron chi connectivity index (χ4n) is 6.37. The molecule has 0 fully saturated rings. The van der Waals surface area contributed by atoms with Crippen LogP contribution in [0, 0.1) is 0 Å². The lowest BCUT2D eigenvalue weighted by atomic mass is 10.1. The van der Waals surface area contributed by atoms with Gasteiger partial charge in [-0.1, -0.05) is 212 Å². The first-order chi connectivity index (χ1) is 32.0. The molecule has 0 saturated heterocycles. The maximum atomic E-state index is 12.7. The number of esters is 3. The van der Waals surface area contributed by atoms with E-state index in [9.17, 15) is 14.4 Å². The lowest BCUT2D eigenvalue weighted by Gasteiger charge is -2.18. The zero-order valence-corrected chi connectivity index (χ0v) is 41.4. The summed E-state index contributed by atoms with van der Waals surface area (Å²) in [6.45, 7) is 6.23. The van der Waals surface area contributed by atoms with Crippen LogP contribution in [0.15, 0.2) is 134 Å². The first-order valence-electron chi connectivity index (χ1n) is 25.7. The van der Waals surface area contributed by atoms with Crippen LogP contribution in [0.5, 0.6) is 0 Å². The molecular formula is C59H92O6. The molecule has 65 heavy (non-hydrogen) atoms. The number of rotatable bonds is 44. The Labute approximate surface area is 398 Å². The molecule has 0 radical (unpaired) electrons. The first-order valence-corrected chi connectivity index (χ1v) is 25.7. The molecule has 0 bridgehead atoms. The smallest absolute Gasteiger partial charge is 0.306 e. The Bertz CT molecular complexity index is 1450. The van der Waals surface area contributed by atoms with Crippen LogP contribution >= 0.6 is 0 Å². The van der Waals surface area contributed by atoms with Gasteiger partial charge in [-0.3, -0.25) is 14.4 Å². The molecule has 0 N–H and O–H groups in total. The number of ether oxygens (including phenoxy) is 3. The van der Waals surface area contributed by atoms with E-state index in [1.807, 2.05) is 12.2 Å². The molecular weight excluding hydrogens is 805 g/mol. The summed E-state index contributed by atoms with van der Waals surface area (Å²) < 4.78 is 16.6. The van der Waals surface area contributed by atoms with Gasteiger partial charge in [0.2, 0.25) is 0 Å². The molecule has 0 rings (SSSR count). The fraction of sp³-hybridized carbons (Fsp3) is 0.576. The Morgan fingerprint density at radius 1 is 0.323 bits per heavy atom. The third-order valence-corrected chi connectivity index (χ3v) is 10.2. The van der Waals surface area contributed by atoms with Gasteiger partial charge in [-0.25, -0.2) is 0 Å². The molecule has 364 valence electrons. The second-order valence-corrected chi connectivity index (χ2v) is 16.3. The van der Waals surface area contributed by atoms with Gasteiger partial charge in [-0.05, 0) is 103 Å². The maximum absolute atomic E-state index is 12.7. The van der Waals surface area contributed by atoms with Gasteiger partial charge in [-0.15, -0.1) is 0 Å². The van der Waals surface area contributed by atoms with Crippen LogP contribution in [-0.4, -0.2) is 37.2 Å². The number of carbonyl (C=O) groups is 3. The van der Waals surface area contributed by atoms with E-state index in [2.05, 4.69) is 142 Å². The third-order valence-electron chi connectivity index (χ3n) is 10.2. The standard InChI is InChI=1S/C59H92O6/c1-4-7-10-13-15-17-19-21-23-25-27-28-29-30-32-33-35-37-39-41-43-46-49-52-58(61)64-55-56(54-63-57(60)51-48-45-12-9-6-3)65-59(62)53-50-47-44-42-40-38-36-34-31-26-24-22-20-18-16-14-11-8-5-2/h7-8,10-11,15-18,21-24,27-28,30-32,34,38,40,44,47,56H,4-6,9,12-14,19-20,25-26,29,33,35-37,39,41-43,45-46,48-55H2,1-3H3/b10-7-,11-8-,17-15-,18-16-,23-21-,24-22-,28-27-,32-30-,34-31-,40-38-,47-44-. The average Bonchev–Trinajstić information content (AvgIpc) is 3.30. The van der Waals surface area contributed by atoms with E-state index in [0.29, 0.717) is 19.3 Å². The predicted molar refractivity (Wildman–Crippen MR) is 279 cm³/mol. The minimum Gasteiger partial charge on any atom is -0.462 e. The van der Waals surface area contributed by atoms with E-state index >= 15 is 0 Å². The van der Waals surface area contributed by atoms with E-state index in [0.717, 1.165) is 128 Å². The van der Waals surface area contributed by atoms with E-state index in [-0.39, 0.29) is 31.6 Å². The molecule has 0 aromatic rings. The minimum atomic E-state index is -0.824. The predicted octanol–water partition coefficient (Wildman–Crippen LogP) is 17.1. The number of unbranched alkanes of at least 4 members (excludes halogenated alkanes) is 11. The summed E-state index contributed by atoms with van der Waals surface area (Å²) in [5.41, 5.74) is 0. The van der Waals surface area contributed by atoms with Crippen molar-refractivity contribution in [1.82, 2.24) is 0 Å². The summed E-state index contributed by atoms with van der Waals surface area (Å²) >= 11 is 0. The molecule has 0 saturated carbocycles. The molecule has 0 aliphatic carbocycles. The molecule has 1 atom stereocenters. The largest absolute Gasteiger partial charge is 0.462 e. The normalized spacial score (nSPS) is 13.2. The number of allylic oxidation sites excluding steroid dienone is 22. The van der Waals surface area contributed by atoms with E-state index in [1.54, 1.807) is 0 Å². The topological polar surface area (TPSA) is 78.9 Å². The molecule has 0 heterocycles. The molecule has 6 heteroatoms. The number of carbonyl (C=O) groups excluding carboxylic acids is 3. The Morgan fingerprint density at radius 3 is 1.00 bits per heavy atom. The number of hydrogen-bond donors (Lipinski definition) is 0.